The van der Waals surface area contributed by atoms with Crippen LogP contribution in [0.2, 0.25) is 5.02 Å². The van der Waals surface area contributed by atoms with E-state index >= 15 is 0 Å². The fraction of sp³-hybridized carbons (Fsp3) is 0.238. The molecule has 2 N–H and O–H groups in total. The lowest BCUT2D eigenvalue weighted by Crippen LogP contribution is -2.32. The maximum Gasteiger partial charge on any atom is 0.262 e. The van der Waals surface area contributed by atoms with Gasteiger partial charge in [-0.25, -0.2) is 4.39 Å². The quantitative estimate of drug-likeness (QED) is 0.617. The van der Waals surface area contributed by atoms with E-state index in [1.54, 1.807) is 12.1 Å². The Kier molecular flexibility index (Phi) is 8.48. The zero-order valence-electron chi connectivity index (χ0n) is 16.0. The first-order valence-electron chi connectivity index (χ1n) is 8.85. The van der Waals surface area contributed by atoms with Gasteiger partial charge in [-0.1, -0.05) is 35.9 Å². The van der Waals surface area contributed by atoms with Crippen LogP contribution in [-0.2, 0) is 9.59 Å². The lowest BCUT2D eigenvalue weighted by molar-refractivity contribution is -0.123. The number of halogens is 2. The Labute approximate surface area is 173 Å². The van der Waals surface area contributed by atoms with Crippen LogP contribution in [0.3, 0.4) is 0 Å². The minimum absolute atomic E-state index is 0.0264. The molecule has 0 heterocycles. The number of ether oxygens (including phenoxy) is 2. The second kappa shape index (κ2) is 11.1. The maximum absolute atomic E-state index is 13.3. The highest BCUT2D eigenvalue weighted by Gasteiger charge is 2.08. The zero-order valence-corrected chi connectivity index (χ0v) is 16.7. The Balaban J connectivity index is 1.60. The van der Waals surface area contributed by atoms with E-state index in [1.807, 2.05) is 19.1 Å². The van der Waals surface area contributed by atoms with E-state index in [0.29, 0.717) is 24.4 Å². The minimum Gasteiger partial charge on any atom is -0.484 e. The van der Waals surface area contributed by atoms with Crippen molar-refractivity contribution in [2.75, 3.05) is 19.8 Å². The van der Waals surface area contributed by atoms with Crippen molar-refractivity contribution in [2.24, 2.45) is 0 Å². The highest BCUT2D eigenvalue weighted by Crippen LogP contribution is 2.20. The molecule has 0 saturated carbocycles. The van der Waals surface area contributed by atoms with E-state index in [2.05, 4.69) is 17.2 Å². The lowest BCUT2D eigenvalue weighted by Gasteiger charge is -2.11. The predicted octanol–water partition coefficient (Wildman–Crippen LogP) is 3.38. The average Bonchev–Trinajstić information content (AvgIpc) is 2.68. The second-order valence-corrected chi connectivity index (χ2v) is 6.63. The number of amides is 2. The fourth-order valence-electron chi connectivity index (χ4n) is 2.20. The molecule has 0 spiro atoms. The molecule has 154 valence electrons. The molecule has 0 aliphatic rings. The molecule has 6 nitrogen and oxygen atoms in total. The molecule has 0 aliphatic heterocycles. The minimum atomic E-state index is -0.629. The Hall–Kier alpha value is -3.06. The maximum atomic E-state index is 13.3. The Morgan fingerprint density at radius 2 is 1.66 bits per heavy atom. The summed E-state index contributed by atoms with van der Waals surface area (Å²) in [6, 6.07) is 11.3. The van der Waals surface area contributed by atoms with Gasteiger partial charge in [-0.05, 0) is 31.2 Å². The van der Waals surface area contributed by atoms with Crippen LogP contribution in [0.25, 0.3) is 0 Å². The normalized spacial score (nSPS) is 10.2. The molecule has 0 unspecified atom stereocenters. The van der Waals surface area contributed by atoms with E-state index in [4.69, 9.17) is 21.1 Å². The topological polar surface area (TPSA) is 76.7 Å². The van der Waals surface area contributed by atoms with Crippen LogP contribution < -0.4 is 20.1 Å². The molecule has 0 aromatic heterocycles. The number of nitrogens with one attached hydrogen (secondary N) is 2. The molecule has 0 bridgehead atoms. The highest BCUT2D eigenvalue weighted by atomic mass is 35.5. The van der Waals surface area contributed by atoms with E-state index in [9.17, 15) is 14.0 Å². The molecule has 0 atom stereocenters. The molecule has 2 rings (SSSR count). The summed E-state index contributed by atoms with van der Waals surface area (Å²) in [6.07, 6.45) is 0.345. The second-order valence-electron chi connectivity index (χ2n) is 6.22. The summed E-state index contributed by atoms with van der Waals surface area (Å²) >= 11 is 5.58. The monoisotopic (exact) mass is 420 g/mol. The zero-order chi connectivity index (χ0) is 21.2. The molecule has 2 amide bonds. The third kappa shape index (κ3) is 8.23. The van der Waals surface area contributed by atoms with Crippen LogP contribution in [-0.4, -0.2) is 31.6 Å². The number of carbonyl (C=O) groups is 2. The van der Waals surface area contributed by atoms with E-state index in [1.165, 1.54) is 12.1 Å². The lowest BCUT2D eigenvalue weighted by atomic mass is 10.2. The Morgan fingerprint density at radius 3 is 2.34 bits per heavy atom. The first-order valence-corrected chi connectivity index (χ1v) is 9.23. The fourth-order valence-corrected chi connectivity index (χ4v) is 2.32. The van der Waals surface area contributed by atoms with E-state index in [-0.39, 0.29) is 29.9 Å². The molecule has 2 aromatic carbocycles. The molecule has 29 heavy (non-hydrogen) atoms. The van der Waals surface area contributed by atoms with Crippen molar-refractivity contribution in [3.63, 3.8) is 0 Å². The molecule has 2 aromatic rings. The summed E-state index contributed by atoms with van der Waals surface area (Å²) in [4.78, 5) is 23.6. The van der Waals surface area contributed by atoms with Gasteiger partial charge in [0.05, 0.1) is 5.02 Å². The third-order valence-electron chi connectivity index (χ3n) is 3.72. The summed E-state index contributed by atoms with van der Waals surface area (Å²) < 4.78 is 23.9. The molecule has 0 fully saturated rings. The van der Waals surface area contributed by atoms with Crippen LogP contribution in [0.1, 0.15) is 12.0 Å². The van der Waals surface area contributed by atoms with Crippen LogP contribution in [0, 0.1) is 12.7 Å². The van der Waals surface area contributed by atoms with Gasteiger partial charge in [0.15, 0.2) is 13.2 Å². The van der Waals surface area contributed by atoms with E-state index < -0.39 is 11.7 Å². The molecule has 0 aliphatic carbocycles. The SMILES string of the molecule is C=C(CCNC(=O)COc1ccc(C)cc1)NC(=O)COc1ccc(Cl)c(F)c1. The summed E-state index contributed by atoms with van der Waals surface area (Å²) in [7, 11) is 0. The van der Waals surface area contributed by atoms with Crippen molar-refractivity contribution >= 4 is 23.4 Å². The van der Waals surface area contributed by atoms with Crippen molar-refractivity contribution < 1.29 is 23.5 Å². The number of rotatable bonds is 10. The van der Waals surface area contributed by atoms with Crippen molar-refractivity contribution in [2.45, 2.75) is 13.3 Å². The van der Waals surface area contributed by atoms with Gasteiger partial charge in [-0.2, -0.15) is 0 Å². The first-order chi connectivity index (χ1) is 13.8. The number of benzene rings is 2. The van der Waals surface area contributed by atoms with Gasteiger partial charge in [-0.15, -0.1) is 0 Å². The van der Waals surface area contributed by atoms with Crippen molar-refractivity contribution in [3.05, 3.63) is 71.1 Å². The molecule has 0 radical (unpaired) electrons. The first kappa shape index (κ1) is 22.2. The standard InChI is InChI=1S/C21H22ClFN2O4/c1-14-3-5-16(6-4-14)28-12-20(26)24-10-9-15(2)25-21(27)13-29-17-7-8-18(22)19(23)11-17/h3-8,11H,2,9-10,12-13H2,1H3,(H,24,26)(H,25,27). The van der Waals surface area contributed by atoms with Gasteiger partial charge >= 0.3 is 0 Å². The highest BCUT2D eigenvalue weighted by molar-refractivity contribution is 6.30. The molecule has 8 heteroatoms. The van der Waals surface area contributed by atoms with Gasteiger partial charge in [0.25, 0.3) is 11.8 Å². The van der Waals surface area contributed by atoms with Gasteiger partial charge in [0.1, 0.15) is 17.3 Å². The van der Waals surface area contributed by atoms with Gasteiger partial charge in [0.2, 0.25) is 0 Å². The predicted molar refractivity (Wildman–Crippen MR) is 108 cm³/mol. The van der Waals surface area contributed by atoms with E-state index in [0.717, 1.165) is 11.6 Å². The molecular weight excluding hydrogens is 399 g/mol. The number of carbonyl (C=O) groups excluding carboxylic acids is 2. The third-order valence-corrected chi connectivity index (χ3v) is 4.02. The van der Waals surface area contributed by atoms with Gasteiger partial charge in [0, 0.05) is 24.7 Å². The Bertz CT molecular complexity index is 871. The summed E-state index contributed by atoms with van der Waals surface area (Å²) in [5.41, 5.74) is 1.52. The van der Waals surface area contributed by atoms with Gasteiger partial charge in [-0.3, -0.25) is 9.59 Å². The summed E-state index contributed by atoms with van der Waals surface area (Å²) in [6.45, 7) is 5.57. The Morgan fingerprint density at radius 1 is 1.03 bits per heavy atom. The van der Waals surface area contributed by atoms with Gasteiger partial charge < -0.3 is 20.1 Å². The van der Waals surface area contributed by atoms with Crippen LogP contribution in [0.15, 0.2) is 54.7 Å². The summed E-state index contributed by atoms with van der Waals surface area (Å²) in [5.74, 6) is -0.551. The van der Waals surface area contributed by atoms with Crippen molar-refractivity contribution in [3.8, 4) is 11.5 Å². The average molecular weight is 421 g/mol. The molecule has 0 saturated heterocycles. The smallest absolute Gasteiger partial charge is 0.262 e. The summed E-state index contributed by atoms with van der Waals surface area (Å²) in [5, 5.41) is 5.20. The van der Waals surface area contributed by atoms with Crippen molar-refractivity contribution in [1.29, 1.82) is 0 Å². The number of hydrogen-bond acceptors (Lipinski definition) is 4. The van der Waals surface area contributed by atoms with Crippen LogP contribution in [0.4, 0.5) is 4.39 Å². The van der Waals surface area contributed by atoms with Crippen LogP contribution >= 0.6 is 11.6 Å². The molecular formula is C21H22ClFN2O4. The number of aryl methyl sites for hydroxylation is 1. The number of hydrogen-bond donors (Lipinski definition) is 2. The van der Waals surface area contributed by atoms with Crippen molar-refractivity contribution in [1.82, 2.24) is 10.6 Å². The largest absolute Gasteiger partial charge is 0.484 e. The van der Waals surface area contributed by atoms with Crippen LogP contribution in [0.5, 0.6) is 11.5 Å².